The van der Waals surface area contributed by atoms with E-state index in [0.717, 1.165) is 80.7 Å². The maximum absolute atomic E-state index is 12.5. The lowest BCUT2D eigenvalue weighted by atomic mass is 9.96. The SMILES string of the molecule is CN1CCN(CCNC(=O)C2CCN(c3nc4cccnc4s3)CC2)CC1. The summed E-state index contributed by atoms with van der Waals surface area (Å²) in [4.78, 5) is 29.6. The fourth-order valence-electron chi connectivity index (χ4n) is 3.78. The van der Waals surface area contributed by atoms with Crippen molar-refractivity contribution >= 4 is 32.7 Å². The van der Waals surface area contributed by atoms with Crippen LogP contribution in [0.1, 0.15) is 12.8 Å². The van der Waals surface area contributed by atoms with E-state index < -0.39 is 0 Å². The fourth-order valence-corrected chi connectivity index (χ4v) is 4.74. The second kappa shape index (κ2) is 8.50. The van der Waals surface area contributed by atoms with Gasteiger partial charge in [0.1, 0.15) is 10.3 Å². The molecule has 4 heterocycles. The average Bonchev–Trinajstić information content (AvgIpc) is 3.14. The van der Waals surface area contributed by atoms with E-state index in [9.17, 15) is 4.79 Å². The highest BCUT2D eigenvalue weighted by molar-refractivity contribution is 7.21. The van der Waals surface area contributed by atoms with E-state index in [2.05, 4.69) is 37.0 Å². The summed E-state index contributed by atoms with van der Waals surface area (Å²) < 4.78 is 0. The predicted molar refractivity (Wildman–Crippen MR) is 109 cm³/mol. The van der Waals surface area contributed by atoms with Gasteiger partial charge in [0, 0.05) is 64.5 Å². The van der Waals surface area contributed by atoms with Gasteiger partial charge in [-0.3, -0.25) is 9.69 Å². The van der Waals surface area contributed by atoms with Gasteiger partial charge in [0.15, 0.2) is 5.13 Å². The number of fused-ring (bicyclic) bond motifs is 1. The van der Waals surface area contributed by atoms with Gasteiger partial charge in [-0.15, -0.1) is 0 Å². The second-order valence-electron chi connectivity index (χ2n) is 7.52. The van der Waals surface area contributed by atoms with Gasteiger partial charge in [0.2, 0.25) is 5.91 Å². The molecule has 1 amide bonds. The Morgan fingerprint density at radius 2 is 2.00 bits per heavy atom. The van der Waals surface area contributed by atoms with E-state index in [4.69, 9.17) is 0 Å². The number of rotatable bonds is 5. The normalized spacial score (nSPS) is 20.3. The van der Waals surface area contributed by atoms with Crippen LogP contribution in [0.4, 0.5) is 5.13 Å². The van der Waals surface area contributed by atoms with Crippen LogP contribution in [0.15, 0.2) is 18.3 Å². The average molecular weight is 389 g/mol. The van der Waals surface area contributed by atoms with Crippen molar-refractivity contribution < 1.29 is 4.79 Å². The Morgan fingerprint density at radius 1 is 1.22 bits per heavy atom. The number of hydrogen-bond acceptors (Lipinski definition) is 7. The first-order valence-electron chi connectivity index (χ1n) is 9.84. The lowest BCUT2D eigenvalue weighted by Crippen LogP contribution is -2.47. The van der Waals surface area contributed by atoms with Crippen LogP contribution in [0.25, 0.3) is 10.3 Å². The summed E-state index contributed by atoms with van der Waals surface area (Å²) in [7, 11) is 2.16. The molecule has 146 valence electrons. The molecule has 0 atom stereocenters. The number of pyridine rings is 1. The zero-order chi connectivity index (χ0) is 18.6. The van der Waals surface area contributed by atoms with Crippen molar-refractivity contribution in [3.63, 3.8) is 0 Å². The van der Waals surface area contributed by atoms with Crippen LogP contribution < -0.4 is 10.2 Å². The van der Waals surface area contributed by atoms with Crippen LogP contribution in [0.2, 0.25) is 0 Å². The van der Waals surface area contributed by atoms with Gasteiger partial charge in [0.25, 0.3) is 0 Å². The number of thiazole rings is 1. The molecule has 2 saturated heterocycles. The lowest BCUT2D eigenvalue weighted by Gasteiger charge is -2.33. The van der Waals surface area contributed by atoms with Crippen LogP contribution in [-0.4, -0.2) is 85.1 Å². The molecule has 0 saturated carbocycles. The van der Waals surface area contributed by atoms with Crippen molar-refractivity contribution in [3.05, 3.63) is 18.3 Å². The summed E-state index contributed by atoms with van der Waals surface area (Å²) in [5.41, 5.74) is 0.960. The van der Waals surface area contributed by atoms with E-state index in [1.165, 1.54) is 0 Å². The third-order valence-corrected chi connectivity index (χ3v) is 6.65. The Labute approximate surface area is 164 Å². The minimum atomic E-state index is 0.126. The number of nitrogens with zero attached hydrogens (tertiary/aromatic N) is 5. The Morgan fingerprint density at radius 3 is 2.74 bits per heavy atom. The number of likely N-dealkylation sites (N-methyl/N-ethyl adjacent to an activating group) is 1. The maximum atomic E-state index is 12.5. The van der Waals surface area contributed by atoms with E-state index >= 15 is 0 Å². The molecule has 2 fully saturated rings. The van der Waals surface area contributed by atoms with E-state index in [1.54, 1.807) is 11.3 Å². The molecule has 2 aliphatic rings. The van der Waals surface area contributed by atoms with Crippen LogP contribution >= 0.6 is 11.3 Å². The second-order valence-corrected chi connectivity index (χ2v) is 8.48. The summed E-state index contributed by atoms with van der Waals surface area (Å²) in [6.07, 6.45) is 3.59. The standard InChI is InChI=1S/C19H28N6OS/c1-23-11-13-24(14-12-23)10-7-20-17(26)15-4-8-25(9-5-15)19-22-16-3-2-6-21-18(16)27-19/h2-3,6,15H,4-5,7-14H2,1H3,(H,20,26). The number of aromatic nitrogens is 2. The number of hydrogen-bond donors (Lipinski definition) is 1. The van der Waals surface area contributed by atoms with E-state index in [1.807, 2.05) is 18.3 Å². The van der Waals surface area contributed by atoms with Crippen molar-refractivity contribution in [2.45, 2.75) is 12.8 Å². The molecular formula is C19H28N6OS. The van der Waals surface area contributed by atoms with Gasteiger partial charge in [-0.2, -0.15) is 0 Å². The highest BCUT2D eigenvalue weighted by Gasteiger charge is 2.26. The van der Waals surface area contributed by atoms with Crippen molar-refractivity contribution in [1.29, 1.82) is 0 Å². The number of carbonyl (C=O) groups excluding carboxylic acids is 1. The van der Waals surface area contributed by atoms with Crippen LogP contribution in [0.3, 0.4) is 0 Å². The summed E-state index contributed by atoms with van der Waals surface area (Å²) >= 11 is 1.64. The number of carbonyl (C=O) groups is 1. The van der Waals surface area contributed by atoms with E-state index in [-0.39, 0.29) is 11.8 Å². The zero-order valence-electron chi connectivity index (χ0n) is 15.9. The molecule has 0 bridgehead atoms. The highest BCUT2D eigenvalue weighted by atomic mass is 32.1. The van der Waals surface area contributed by atoms with Gasteiger partial charge in [-0.1, -0.05) is 11.3 Å². The van der Waals surface area contributed by atoms with Crippen molar-refractivity contribution in [3.8, 4) is 0 Å². The zero-order valence-corrected chi connectivity index (χ0v) is 16.7. The number of anilines is 1. The summed E-state index contributed by atoms with van der Waals surface area (Å²) in [5, 5.41) is 4.18. The molecule has 4 rings (SSSR count). The van der Waals surface area contributed by atoms with Gasteiger partial charge in [0.05, 0.1) is 0 Å². The molecule has 7 nitrogen and oxygen atoms in total. The lowest BCUT2D eigenvalue weighted by molar-refractivity contribution is -0.125. The molecular weight excluding hydrogens is 360 g/mol. The number of nitrogens with one attached hydrogen (secondary N) is 1. The molecule has 8 heteroatoms. The number of piperazine rings is 1. The minimum absolute atomic E-state index is 0.126. The minimum Gasteiger partial charge on any atom is -0.355 e. The van der Waals surface area contributed by atoms with Gasteiger partial charge >= 0.3 is 0 Å². The van der Waals surface area contributed by atoms with Crippen LogP contribution in [0, 0.1) is 5.92 Å². The number of amides is 1. The Bertz CT molecular complexity index is 731. The third-order valence-electron chi connectivity index (χ3n) is 5.61. The molecule has 0 radical (unpaired) electrons. The van der Waals surface area contributed by atoms with Gasteiger partial charge in [-0.05, 0) is 32.0 Å². The molecule has 1 N–H and O–H groups in total. The molecule has 2 aromatic rings. The quantitative estimate of drug-likeness (QED) is 0.832. The molecule has 0 aromatic carbocycles. The highest BCUT2D eigenvalue weighted by Crippen LogP contribution is 2.30. The van der Waals surface area contributed by atoms with Crippen LogP contribution in [0.5, 0.6) is 0 Å². The van der Waals surface area contributed by atoms with Gasteiger partial charge < -0.3 is 15.1 Å². The number of piperidine rings is 1. The summed E-state index contributed by atoms with van der Waals surface area (Å²) in [6.45, 7) is 7.92. The Kier molecular flexibility index (Phi) is 5.85. The molecule has 2 aliphatic heterocycles. The fraction of sp³-hybridized carbons (Fsp3) is 0.632. The molecule has 0 spiro atoms. The molecule has 2 aromatic heterocycles. The summed E-state index contributed by atoms with van der Waals surface area (Å²) in [5.74, 6) is 0.344. The Hall–Kier alpha value is -1.77. The molecule has 0 unspecified atom stereocenters. The maximum Gasteiger partial charge on any atom is 0.223 e. The third kappa shape index (κ3) is 4.56. The van der Waals surface area contributed by atoms with Crippen molar-refractivity contribution in [1.82, 2.24) is 25.1 Å². The van der Waals surface area contributed by atoms with Crippen molar-refractivity contribution in [2.75, 3.05) is 64.3 Å². The Balaban J connectivity index is 1.21. The first kappa shape index (κ1) is 18.6. The summed E-state index contributed by atoms with van der Waals surface area (Å²) in [6, 6.07) is 3.92. The van der Waals surface area contributed by atoms with Gasteiger partial charge in [-0.25, -0.2) is 9.97 Å². The smallest absolute Gasteiger partial charge is 0.223 e. The molecule has 0 aliphatic carbocycles. The monoisotopic (exact) mass is 388 g/mol. The predicted octanol–water partition coefficient (Wildman–Crippen LogP) is 1.27. The molecule has 27 heavy (non-hydrogen) atoms. The van der Waals surface area contributed by atoms with Crippen molar-refractivity contribution in [2.24, 2.45) is 5.92 Å². The largest absolute Gasteiger partial charge is 0.355 e. The van der Waals surface area contributed by atoms with E-state index in [0.29, 0.717) is 0 Å². The van der Waals surface area contributed by atoms with Crippen LogP contribution in [-0.2, 0) is 4.79 Å². The first-order valence-corrected chi connectivity index (χ1v) is 10.7. The topological polar surface area (TPSA) is 64.6 Å². The first-order chi connectivity index (χ1) is 13.2.